The van der Waals surface area contributed by atoms with Crippen LogP contribution < -0.4 is 10.6 Å². The van der Waals surface area contributed by atoms with Crippen molar-refractivity contribution in [2.45, 2.75) is 19.0 Å². The molecule has 0 aromatic rings. The second-order valence-electron chi connectivity index (χ2n) is 4.96. The van der Waals surface area contributed by atoms with Crippen molar-refractivity contribution >= 4 is 6.03 Å². The van der Waals surface area contributed by atoms with Gasteiger partial charge in [0.15, 0.2) is 0 Å². The molecule has 0 aromatic carbocycles. The number of nitrogens with one attached hydrogen (secondary N) is 2. The van der Waals surface area contributed by atoms with E-state index in [-0.39, 0.29) is 11.9 Å². The van der Waals surface area contributed by atoms with Crippen molar-refractivity contribution in [3.8, 4) is 0 Å². The smallest absolute Gasteiger partial charge is 0.383 e. The molecular formula is C12H22F3N3O2. The Morgan fingerprint density at radius 3 is 2.50 bits per heavy atom. The Kier molecular flexibility index (Phi) is 7.08. The summed E-state index contributed by atoms with van der Waals surface area (Å²) in [5.41, 5.74) is 0. The Morgan fingerprint density at radius 2 is 1.95 bits per heavy atom. The number of hydrogen-bond donors (Lipinski definition) is 2. The highest BCUT2D eigenvalue weighted by Gasteiger charge is 2.32. The number of rotatable bonds is 6. The zero-order valence-electron chi connectivity index (χ0n) is 11.6. The van der Waals surface area contributed by atoms with Crippen LogP contribution in [0.1, 0.15) is 12.8 Å². The number of methoxy groups -OCH3 is 1. The maximum absolute atomic E-state index is 12.2. The minimum atomic E-state index is -4.13. The number of urea groups is 1. The largest absolute Gasteiger partial charge is 0.401 e. The van der Waals surface area contributed by atoms with Crippen LogP contribution in [-0.2, 0) is 4.74 Å². The van der Waals surface area contributed by atoms with Gasteiger partial charge >= 0.3 is 12.2 Å². The molecule has 0 atom stereocenters. The Bertz CT molecular complexity index is 292. The number of piperidine rings is 1. The fraction of sp³-hybridized carbons (Fsp3) is 0.917. The molecule has 2 amide bonds. The van der Waals surface area contributed by atoms with Crippen molar-refractivity contribution in [2.75, 3.05) is 46.4 Å². The van der Waals surface area contributed by atoms with Gasteiger partial charge in [0.05, 0.1) is 13.2 Å². The van der Waals surface area contributed by atoms with Gasteiger partial charge in [-0.1, -0.05) is 0 Å². The number of likely N-dealkylation sites (tertiary alicyclic amines) is 1. The van der Waals surface area contributed by atoms with Crippen molar-refractivity contribution in [3.63, 3.8) is 0 Å². The number of alkyl halides is 3. The minimum absolute atomic E-state index is 0.243. The number of carbonyl (C=O) groups excluding carboxylic acids is 1. The van der Waals surface area contributed by atoms with Gasteiger partial charge in [-0.25, -0.2) is 4.79 Å². The summed E-state index contributed by atoms with van der Waals surface area (Å²) in [5.74, 6) is 0.243. The van der Waals surface area contributed by atoms with E-state index in [9.17, 15) is 18.0 Å². The normalized spacial score (nSPS) is 18.0. The van der Waals surface area contributed by atoms with Crippen LogP contribution in [-0.4, -0.2) is 63.5 Å². The van der Waals surface area contributed by atoms with Crippen LogP contribution in [0.5, 0.6) is 0 Å². The molecule has 1 aliphatic rings. The number of amides is 2. The lowest BCUT2D eigenvalue weighted by Gasteiger charge is -2.32. The molecule has 1 saturated heterocycles. The van der Waals surface area contributed by atoms with E-state index < -0.39 is 12.7 Å². The van der Waals surface area contributed by atoms with Crippen molar-refractivity contribution in [3.05, 3.63) is 0 Å². The third kappa shape index (κ3) is 7.54. The second-order valence-corrected chi connectivity index (χ2v) is 4.96. The zero-order valence-corrected chi connectivity index (χ0v) is 11.6. The van der Waals surface area contributed by atoms with Crippen LogP contribution in [0.4, 0.5) is 18.0 Å². The van der Waals surface area contributed by atoms with E-state index in [1.807, 2.05) is 0 Å². The summed E-state index contributed by atoms with van der Waals surface area (Å²) >= 11 is 0. The highest BCUT2D eigenvalue weighted by atomic mass is 19.4. The predicted octanol–water partition coefficient (Wildman–Crippen LogP) is 1.21. The summed E-state index contributed by atoms with van der Waals surface area (Å²) in [7, 11) is 1.55. The van der Waals surface area contributed by atoms with Crippen LogP contribution in [0.3, 0.4) is 0 Å². The average molecular weight is 297 g/mol. The van der Waals surface area contributed by atoms with Gasteiger partial charge in [-0.3, -0.25) is 4.90 Å². The highest BCUT2D eigenvalue weighted by molar-refractivity contribution is 5.73. The fourth-order valence-electron chi connectivity index (χ4n) is 2.17. The summed E-state index contributed by atoms with van der Waals surface area (Å²) in [6.07, 6.45) is -2.78. The molecule has 0 saturated carbocycles. The van der Waals surface area contributed by atoms with Crippen molar-refractivity contribution < 1.29 is 22.7 Å². The Balaban J connectivity index is 2.12. The Morgan fingerprint density at radius 1 is 1.30 bits per heavy atom. The number of halogens is 3. The molecule has 5 nitrogen and oxygen atoms in total. The van der Waals surface area contributed by atoms with Crippen LogP contribution in [0.25, 0.3) is 0 Å². The second kappa shape index (κ2) is 8.31. The Hall–Kier alpha value is -1.02. The molecule has 20 heavy (non-hydrogen) atoms. The monoisotopic (exact) mass is 297 g/mol. The molecule has 1 rings (SSSR count). The van der Waals surface area contributed by atoms with Crippen LogP contribution in [0, 0.1) is 5.92 Å². The molecule has 0 aromatic heterocycles. The molecule has 118 valence electrons. The van der Waals surface area contributed by atoms with Crippen molar-refractivity contribution in [1.29, 1.82) is 0 Å². The van der Waals surface area contributed by atoms with Crippen LogP contribution >= 0.6 is 0 Å². The third-order valence-corrected chi connectivity index (χ3v) is 3.25. The number of hydrogen-bond acceptors (Lipinski definition) is 3. The molecule has 0 radical (unpaired) electrons. The van der Waals surface area contributed by atoms with Gasteiger partial charge < -0.3 is 15.4 Å². The molecule has 2 N–H and O–H groups in total. The lowest BCUT2D eigenvalue weighted by atomic mass is 9.97. The molecule has 1 aliphatic heterocycles. The molecule has 0 bridgehead atoms. The fourth-order valence-corrected chi connectivity index (χ4v) is 2.17. The summed E-state index contributed by atoms with van der Waals surface area (Å²) < 4.78 is 41.5. The lowest BCUT2D eigenvalue weighted by Crippen LogP contribution is -2.44. The number of nitrogens with zero attached hydrogens (tertiary/aromatic N) is 1. The first kappa shape index (κ1) is 17.0. The van der Waals surface area contributed by atoms with Gasteiger partial charge in [-0.15, -0.1) is 0 Å². The van der Waals surface area contributed by atoms with E-state index in [1.165, 1.54) is 4.90 Å². The Labute approximate surface area is 116 Å². The first-order chi connectivity index (χ1) is 9.40. The van der Waals surface area contributed by atoms with E-state index in [4.69, 9.17) is 4.74 Å². The topological polar surface area (TPSA) is 53.6 Å². The van der Waals surface area contributed by atoms with Crippen molar-refractivity contribution in [2.24, 2.45) is 5.92 Å². The van der Waals surface area contributed by atoms with Gasteiger partial charge in [-0.2, -0.15) is 13.2 Å². The first-order valence-corrected chi connectivity index (χ1v) is 6.70. The van der Waals surface area contributed by atoms with E-state index >= 15 is 0 Å². The van der Waals surface area contributed by atoms with Crippen molar-refractivity contribution in [1.82, 2.24) is 15.5 Å². The summed E-state index contributed by atoms with van der Waals surface area (Å²) in [5, 5.41) is 5.36. The summed E-state index contributed by atoms with van der Waals surface area (Å²) in [6.45, 7) is 1.40. The van der Waals surface area contributed by atoms with E-state index in [0.717, 1.165) is 0 Å². The standard InChI is InChI=1S/C12H22F3N3O2/c1-20-7-4-16-11(19)17-8-10-2-5-18(6-3-10)9-12(13,14)15/h10H,2-9H2,1H3,(H2,16,17,19). The van der Waals surface area contributed by atoms with Crippen LogP contribution in [0.2, 0.25) is 0 Å². The first-order valence-electron chi connectivity index (χ1n) is 6.70. The molecule has 0 spiro atoms. The predicted molar refractivity (Wildman–Crippen MR) is 68.5 cm³/mol. The molecule has 0 aliphatic carbocycles. The summed E-state index contributed by atoms with van der Waals surface area (Å²) in [4.78, 5) is 12.8. The molecular weight excluding hydrogens is 275 g/mol. The maximum Gasteiger partial charge on any atom is 0.401 e. The summed E-state index contributed by atoms with van der Waals surface area (Å²) in [6, 6.07) is -0.264. The van der Waals surface area contributed by atoms with Gasteiger partial charge in [0.2, 0.25) is 0 Å². The maximum atomic E-state index is 12.2. The number of ether oxygens (including phenoxy) is 1. The SMILES string of the molecule is COCCNC(=O)NCC1CCN(CC(F)(F)F)CC1. The third-order valence-electron chi connectivity index (χ3n) is 3.25. The van der Waals surface area contributed by atoms with Crippen LogP contribution in [0.15, 0.2) is 0 Å². The van der Waals surface area contributed by atoms with E-state index in [1.54, 1.807) is 7.11 Å². The van der Waals surface area contributed by atoms with E-state index in [2.05, 4.69) is 10.6 Å². The molecule has 1 fully saturated rings. The zero-order chi connectivity index (χ0) is 15.0. The van der Waals surface area contributed by atoms with E-state index in [0.29, 0.717) is 45.6 Å². The average Bonchev–Trinajstić information content (AvgIpc) is 2.36. The molecule has 8 heteroatoms. The lowest BCUT2D eigenvalue weighted by molar-refractivity contribution is -0.148. The van der Waals surface area contributed by atoms with Gasteiger partial charge in [0.1, 0.15) is 0 Å². The quantitative estimate of drug-likeness (QED) is 0.725. The minimum Gasteiger partial charge on any atom is -0.383 e. The van der Waals surface area contributed by atoms with Gasteiger partial charge in [0.25, 0.3) is 0 Å². The molecule has 1 heterocycles. The molecule has 0 unspecified atom stereocenters. The highest BCUT2D eigenvalue weighted by Crippen LogP contribution is 2.21. The van der Waals surface area contributed by atoms with Gasteiger partial charge in [-0.05, 0) is 31.8 Å². The number of carbonyl (C=O) groups is 1. The van der Waals surface area contributed by atoms with Gasteiger partial charge in [0, 0.05) is 20.2 Å².